The van der Waals surface area contributed by atoms with E-state index in [1.54, 1.807) is 0 Å². The summed E-state index contributed by atoms with van der Waals surface area (Å²) in [6.45, 7) is 4.20. The summed E-state index contributed by atoms with van der Waals surface area (Å²) < 4.78 is 0. The van der Waals surface area contributed by atoms with E-state index in [0.29, 0.717) is 23.3 Å². The van der Waals surface area contributed by atoms with Crippen LogP contribution in [0.15, 0.2) is 6.33 Å². The normalized spacial score (nSPS) is 25.3. The first-order valence-corrected chi connectivity index (χ1v) is 5.42. The van der Waals surface area contributed by atoms with E-state index in [1.165, 1.54) is 6.33 Å². The smallest absolute Gasteiger partial charge is 0.183 e. The third-order valence-corrected chi connectivity index (χ3v) is 3.20. The molecule has 0 spiro atoms. The van der Waals surface area contributed by atoms with E-state index < -0.39 is 0 Å². The maximum absolute atomic E-state index is 5.76. The second-order valence-electron chi connectivity index (χ2n) is 4.32. The molecule has 0 bridgehead atoms. The van der Waals surface area contributed by atoms with Gasteiger partial charge in [0.1, 0.15) is 17.7 Å². The van der Waals surface area contributed by atoms with Gasteiger partial charge in [-0.1, -0.05) is 6.92 Å². The third kappa shape index (κ3) is 1.34. The molecule has 0 saturated carbocycles. The second-order valence-corrected chi connectivity index (χ2v) is 4.32. The van der Waals surface area contributed by atoms with Gasteiger partial charge in [-0.2, -0.15) is 0 Å². The van der Waals surface area contributed by atoms with Crippen LogP contribution < -0.4 is 11.1 Å². The topological polar surface area (TPSA) is 92.5 Å². The summed E-state index contributed by atoms with van der Waals surface area (Å²) in [5, 5.41) is 3.35. The minimum atomic E-state index is 0.411. The van der Waals surface area contributed by atoms with Gasteiger partial charge in [0.25, 0.3) is 0 Å². The van der Waals surface area contributed by atoms with Gasteiger partial charge >= 0.3 is 0 Å². The number of nitrogens with one attached hydrogen (secondary N) is 2. The number of H-pyrrole nitrogens is 1. The number of nitrogen functional groups attached to an aromatic ring is 1. The summed E-state index contributed by atoms with van der Waals surface area (Å²) in [4.78, 5) is 15.8. The molecule has 84 valence electrons. The van der Waals surface area contributed by atoms with Crippen LogP contribution in [-0.2, 0) is 0 Å². The molecule has 0 unspecified atom stereocenters. The molecule has 6 nitrogen and oxygen atoms in total. The summed E-state index contributed by atoms with van der Waals surface area (Å²) in [5.74, 6) is 2.41. The Kier molecular flexibility index (Phi) is 2.03. The summed E-state index contributed by atoms with van der Waals surface area (Å²) >= 11 is 0. The Labute approximate surface area is 92.7 Å². The van der Waals surface area contributed by atoms with Crippen molar-refractivity contribution in [3.05, 3.63) is 12.2 Å². The van der Waals surface area contributed by atoms with E-state index in [0.717, 1.165) is 24.4 Å². The number of aromatic nitrogens is 4. The van der Waals surface area contributed by atoms with Crippen LogP contribution in [0.25, 0.3) is 11.2 Å². The number of fused-ring (bicyclic) bond motifs is 1. The van der Waals surface area contributed by atoms with Crippen molar-refractivity contribution in [1.82, 2.24) is 25.3 Å². The number of rotatable bonds is 1. The number of anilines is 1. The zero-order chi connectivity index (χ0) is 11.1. The van der Waals surface area contributed by atoms with Gasteiger partial charge in [0.2, 0.25) is 0 Å². The van der Waals surface area contributed by atoms with Gasteiger partial charge in [-0.25, -0.2) is 15.0 Å². The summed E-state index contributed by atoms with van der Waals surface area (Å²) in [5.41, 5.74) is 7.17. The van der Waals surface area contributed by atoms with E-state index in [2.05, 4.69) is 32.2 Å². The van der Waals surface area contributed by atoms with Gasteiger partial charge in [0, 0.05) is 12.5 Å². The van der Waals surface area contributed by atoms with Crippen LogP contribution in [0.2, 0.25) is 0 Å². The molecule has 1 aliphatic rings. The lowest BCUT2D eigenvalue weighted by atomic mass is 9.98. The standard InChI is InChI=1S/C10H14N6/c1-5-2-12-3-6(5)9-15-7-8(11)13-4-14-10(7)16-9/h4-6,12H,2-3H2,1H3,(H3,11,13,14,15,16)/t5-,6-/m1/s1. The van der Waals surface area contributed by atoms with Crippen molar-refractivity contribution in [3.63, 3.8) is 0 Å². The van der Waals surface area contributed by atoms with Gasteiger partial charge in [-0.3, -0.25) is 0 Å². The highest BCUT2D eigenvalue weighted by Crippen LogP contribution is 2.27. The predicted octanol–water partition coefficient (Wildman–Crippen LogP) is 0.258. The molecule has 3 rings (SSSR count). The van der Waals surface area contributed by atoms with Crippen LogP contribution in [0.4, 0.5) is 5.82 Å². The van der Waals surface area contributed by atoms with Crippen LogP contribution in [0, 0.1) is 5.92 Å². The van der Waals surface area contributed by atoms with Crippen LogP contribution in [0.3, 0.4) is 0 Å². The quantitative estimate of drug-likeness (QED) is 0.638. The molecule has 4 N–H and O–H groups in total. The summed E-state index contributed by atoms with van der Waals surface area (Å²) in [7, 11) is 0. The number of nitrogens with zero attached hydrogens (tertiary/aromatic N) is 3. The van der Waals surface area contributed by atoms with Crippen LogP contribution in [0.1, 0.15) is 18.7 Å². The molecule has 6 heteroatoms. The van der Waals surface area contributed by atoms with E-state index in [4.69, 9.17) is 5.73 Å². The second kappa shape index (κ2) is 3.41. The fourth-order valence-corrected chi connectivity index (χ4v) is 2.22. The first kappa shape index (κ1) is 9.53. The highest BCUT2D eigenvalue weighted by atomic mass is 15.1. The molecule has 16 heavy (non-hydrogen) atoms. The lowest BCUT2D eigenvalue weighted by Crippen LogP contribution is -2.09. The Morgan fingerprint density at radius 2 is 2.25 bits per heavy atom. The molecule has 1 aliphatic heterocycles. The Bertz CT molecular complexity index is 519. The average Bonchev–Trinajstić information content (AvgIpc) is 2.84. The molecule has 2 aromatic rings. The van der Waals surface area contributed by atoms with Gasteiger partial charge in [0.05, 0.1) is 0 Å². The maximum Gasteiger partial charge on any atom is 0.183 e. The Hall–Kier alpha value is -1.69. The first-order valence-electron chi connectivity index (χ1n) is 5.42. The number of hydrogen-bond acceptors (Lipinski definition) is 5. The van der Waals surface area contributed by atoms with Crippen molar-refractivity contribution >= 4 is 17.0 Å². The van der Waals surface area contributed by atoms with Crippen molar-refractivity contribution in [2.45, 2.75) is 12.8 Å². The molecule has 0 aromatic carbocycles. The minimum absolute atomic E-state index is 0.411. The van der Waals surface area contributed by atoms with Gasteiger partial charge in [0.15, 0.2) is 11.5 Å². The van der Waals surface area contributed by atoms with E-state index in [-0.39, 0.29) is 0 Å². The molecule has 0 aliphatic carbocycles. The summed E-state index contributed by atoms with van der Waals surface area (Å²) in [6.07, 6.45) is 1.44. The Morgan fingerprint density at radius 3 is 2.94 bits per heavy atom. The van der Waals surface area contributed by atoms with Gasteiger partial charge < -0.3 is 16.0 Å². The van der Waals surface area contributed by atoms with E-state index in [1.807, 2.05) is 0 Å². The van der Waals surface area contributed by atoms with Crippen LogP contribution >= 0.6 is 0 Å². The maximum atomic E-state index is 5.76. The SMILES string of the molecule is C[C@@H]1CNC[C@H]1c1nc2ncnc(N)c2[nH]1. The number of aromatic amines is 1. The zero-order valence-corrected chi connectivity index (χ0v) is 9.07. The lowest BCUT2D eigenvalue weighted by Gasteiger charge is -2.09. The van der Waals surface area contributed by atoms with Crippen molar-refractivity contribution in [2.24, 2.45) is 5.92 Å². The molecule has 2 aromatic heterocycles. The molecule has 3 heterocycles. The van der Waals surface area contributed by atoms with Crippen LogP contribution in [-0.4, -0.2) is 33.0 Å². The largest absolute Gasteiger partial charge is 0.382 e. The average molecular weight is 218 g/mol. The van der Waals surface area contributed by atoms with Crippen molar-refractivity contribution in [3.8, 4) is 0 Å². The molecule has 0 amide bonds. The fourth-order valence-electron chi connectivity index (χ4n) is 2.22. The van der Waals surface area contributed by atoms with Gasteiger partial charge in [-0.15, -0.1) is 0 Å². The van der Waals surface area contributed by atoms with E-state index >= 15 is 0 Å². The highest BCUT2D eigenvalue weighted by molar-refractivity contribution is 5.81. The Morgan fingerprint density at radius 1 is 1.38 bits per heavy atom. The van der Waals surface area contributed by atoms with Crippen molar-refractivity contribution in [1.29, 1.82) is 0 Å². The van der Waals surface area contributed by atoms with Gasteiger partial charge in [-0.05, 0) is 12.5 Å². The first-order chi connectivity index (χ1) is 7.75. The number of hydrogen-bond donors (Lipinski definition) is 3. The van der Waals surface area contributed by atoms with E-state index in [9.17, 15) is 0 Å². The molecular weight excluding hydrogens is 204 g/mol. The molecule has 2 atom stereocenters. The molecular formula is C10H14N6. The lowest BCUT2D eigenvalue weighted by molar-refractivity contribution is 0.551. The highest BCUT2D eigenvalue weighted by Gasteiger charge is 2.27. The molecule has 1 saturated heterocycles. The minimum Gasteiger partial charge on any atom is -0.382 e. The number of imidazole rings is 1. The fraction of sp³-hybridized carbons (Fsp3) is 0.500. The van der Waals surface area contributed by atoms with Crippen LogP contribution in [0.5, 0.6) is 0 Å². The molecule has 0 radical (unpaired) electrons. The monoisotopic (exact) mass is 218 g/mol. The predicted molar refractivity (Wildman–Crippen MR) is 60.9 cm³/mol. The zero-order valence-electron chi connectivity index (χ0n) is 9.07. The van der Waals surface area contributed by atoms with Crippen molar-refractivity contribution in [2.75, 3.05) is 18.8 Å². The third-order valence-electron chi connectivity index (χ3n) is 3.20. The van der Waals surface area contributed by atoms with Crippen molar-refractivity contribution < 1.29 is 0 Å². The molecule has 1 fully saturated rings. The number of nitrogens with two attached hydrogens (primary N) is 1. The Balaban J connectivity index is 2.08. The summed E-state index contributed by atoms with van der Waals surface area (Å²) in [6, 6.07) is 0.